The van der Waals surface area contributed by atoms with Crippen molar-refractivity contribution >= 4 is 17.7 Å². The summed E-state index contributed by atoms with van der Waals surface area (Å²) in [4.78, 5) is 12.2. The summed E-state index contributed by atoms with van der Waals surface area (Å²) >= 11 is 1.89. The van der Waals surface area contributed by atoms with Gasteiger partial charge < -0.3 is 9.84 Å². The molecule has 1 N–H and O–H groups in total. The maximum Gasteiger partial charge on any atom is 0.335 e. The topological polar surface area (TPSA) is 46.5 Å². The number of fused-ring (bicyclic) bond motifs is 1. The van der Waals surface area contributed by atoms with Crippen molar-refractivity contribution in [3.8, 4) is 11.5 Å². The quantitative estimate of drug-likeness (QED) is 0.870. The Kier molecular flexibility index (Phi) is 3.87. The predicted octanol–water partition coefficient (Wildman–Crippen LogP) is 4.95. The maximum atomic E-state index is 10.9. The van der Waals surface area contributed by atoms with Crippen LogP contribution in [0.5, 0.6) is 11.5 Å². The number of benzene rings is 2. The average molecular weight is 314 g/mol. The van der Waals surface area contributed by atoms with Gasteiger partial charge in [-0.25, -0.2) is 4.79 Å². The number of carbonyl (C=O) groups is 1. The molecule has 0 saturated carbocycles. The maximum absolute atomic E-state index is 10.9. The normalized spacial score (nSPS) is 15.9. The molecule has 1 aliphatic heterocycles. The largest absolute Gasteiger partial charge is 0.478 e. The van der Waals surface area contributed by atoms with Gasteiger partial charge in [0, 0.05) is 4.90 Å². The number of hydrogen-bond acceptors (Lipinski definition) is 3. The van der Waals surface area contributed by atoms with E-state index in [2.05, 4.69) is 26.0 Å². The van der Waals surface area contributed by atoms with Crippen molar-refractivity contribution in [3.05, 3.63) is 53.6 Å². The van der Waals surface area contributed by atoms with Gasteiger partial charge in [0.1, 0.15) is 11.5 Å². The first-order chi connectivity index (χ1) is 10.5. The molecule has 0 fully saturated rings. The van der Waals surface area contributed by atoms with Crippen LogP contribution in [0.1, 0.15) is 36.2 Å². The fourth-order valence-corrected chi connectivity index (χ4v) is 4.07. The van der Waals surface area contributed by atoms with E-state index in [4.69, 9.17) is 9.84 Å². The summed E-state index contributed by atoms with van der Waals surface area (Å²) in [6, 6.07) is 12.7. The second kappa shape index (κ2) is 5.69. The van der Waals surface area contributed by atoms with E-state index in [9.17, 15) is 4.79 Å². The van der Waals surface area contributed by atoms with Gasteiger partial charge in [0.15, 0.2) is 0 Å². The van der Waals surface area contributed by atoms with Gasteiger partial charge in [-0.2, -0.15) is 0 Å². The third-order valence-corrected chi connectivity index (χ3v) is 5.08. The van der Waals surface area contributed by atoms with Crippen molar-refractivity contribution in [1.82, 2.24) is 0 Å². The van der Waals surface area contributed by atoms with Gasteiger partial charge >= 0.3 is 5.97 Å². The molecule has 0 amide bonds. The Morgan fingerprint density at radius 1 is 1.14 bits per heavy atom. The summed E-state index contributed by atoms with van der Waals surface area (Å²) in [5, 5.41) is 8.91. The molecule has 114 valence electrons. The summed E-state index contributed by atoms with van der Waals surface area (Å²) in [5.74, 6) is 1.65. The van der Waals surface area contributed by atoms with Gasteiger partial charge in [-0.3, -0.25) is 0 Å². The number of thioether (sulfide) groups is 1. The Bertz CT molecular complexity index is 705. The van der Waals surface area contributed by atoms with Crippen molar-refractivity contribution in [3.63, 3.8) is 0 Å². The highest BCUT2D eigenvalue weighted by Crippen LogP contribution is 2.43. The lowest BCUT2D eigenvalue weighted by molar-refractivity contribution is 0.0697. The van der Waals surface area contributed by atoms with E-state index in [-0.39, 0.29) is 11.0 Å². The van der Waals surface area contributed by atoms with E-state index in [0.29, 0.717) is 5.75 Å². The zero-order valence-corrected chi connectivity index (χ0v) is 13.4. The smallest absolute Gasteiger partial charge is 0.335 e. The molecule has 1 aliphatic rings. The minimum atomic E-state index is -0.931. The third kappa shape index (κ3) is 2.97. The van der Waals surface area contributed by atoms with Crippen LogP contribution in [0, 0.1) is 0 Å². The second-order valence-corrected chi connectivity index (χ2v) is 7.21. The van der Waals surface area contributed by atoms with E-state index in [0.717, 1.165) is 17.9 Å². The van der Waals surface area contributed by atoms with Crippen molar-refractivity contribution < 1.29 is 14.6 Å². The second-order valence-electron chi connectivity index (χ2n) is 6.07. The molecular formula is C18H18O3S. The van der Waals surface area contributed by atoms with Crippen LogP contribution in [0.2, 0.25) is 0 Å². The highest BCUT2D eigenvalue weighted by molar-refractivity contribution is 7.99. The number of ether oxygens (including phenoxy) is 1. The molecule has 22 heavy (non-hydrogen) atoms. The average Bonchev–Trinajstić information content (AvgIpc) is 2.48. The first-order valence-electron chi connectivity index (χ1n) is 7.24. The van der Waals surface area contributed by atoms with E-state index in [1.54, 1.807) is 24.3 Å². The van der Waals surface area contributed by atoms with Gasteiger partial charge in [-0.15, -0.1) is 11.8 Å². The molecule has 0 aliphatic carbocycles. The van der Waals surface area contributed by atoms with Crippen LogP contribution in [0.3, 0.4) is 0 Å². The molecule has 2 aromatic rings. The number of carboxylic acid groups (broad SMARTS) is 1. The van der Waals surface area contributed by atoms with Crippen LogP contribution < -0.4 is 4.74 Å². The molecule has 3 nitrogen and oxygen atoms in total. The molecule has 0 atom stereocenters. The molecule has 0 radical (unpaired) electrons. The Morgan fingerprint density at radius 2 is 1.82 bits per heavy atom. The van der Waals surface area contributed by atoms with Crippen molar-refractivity contribution in [1.29, 1.82) is 0 Å². The Balaban J connectivity index is 1.85. The zero-order valence-electron chi connectivity index (χ0n) is 12.6. The van der Waals surface area contributed by atoms with Crippen LogP contribution in [0.25, 0.3) is 0 Å². The zero-order chi connectivity index (χ0) is 15.7. The summed E-state index contributed by atoms with van der Waals surface area (Å²) < 4.78 is 5.87. The van der Waals surface area contributed by atoms with Crippen molar-refractivity contribution in [2.75, 3.05) is 5.75 Å². The van der Waals surface area contributed by atoms with Gasteiger partial charge in [-0.05, 0) is 65.6 Å². The van der Waals surface area contributed by atoms with Crippen LogP contribution >= 0.6 is 11.8 Å². The van der Waals surface area contributed by atoms with E-state index < -0.39 is 5.97 Å². The minimum absolute atomic E-state index is 0.160. The number of rotatable bonds is 3. The molecule has 0 bridgehead atoms. The molecule has 4 heteroatoms. The van der Waals surface area contributed by atoms with E-state index >= 15 is 0 Å². The summed E-state index contributed by atoms with van der Waals surface area (Å²) in [6.45, 7) is 4.52. The van der Waals surface area contributed by atoms with Gasteiger partial charge in [-0.1, -0.05) is 13.8 Å². The molecule has 0 saturated heterocycles. The number of carboxylic acids is 1. The lowest BCUT2D eigenvalue weighted by atomic mass is 9.82. The van der Waals surface area contributed by atoms with E-state index in [1.807, 2.05) is 17.8 Å². The highest BCUT2D eigenvalue weighted by atomic mass is 32.2. The van der Waals surface area contributed by atoms with Crippen LogP contribution in [0.15, 0.2) is 47.4 Å². The van der Waals surface area contributed by atoms with Crippen molar-refractivity contribution in [2.45, 2.75) is 30.6 Å². The molecule has 0 spiro atoms. The predicted molar refractivity (Wildman–Crippen MR) is 88.3 cm³/mol. The van der Waals surface area contributed by atoms with Crippen LogP contribution in [0.4, 0.5) is 0 Å². The Labute approximate surface area is 134 Å². The molecule has 1 heterocycles. The molecule has 0 aromatic heterocycles. The number of hydrogen-bond donors (Lipinski definition) is 1. The summed E-state index contributed by atoms with van der Waals surface area (Å²) in [7, 11) is 0. The fourth-order valence-electron chi connectivity index (χ4n) is 2.58. The van der Waals surface area contributed by atoms with Gasteiger partial charge in [0.05, 0.1) is 5.56 Å². The molecular weight excluding hydrogens is 296 g/mol. The Morgan fingerprint density at radius 3 is 2.50 bits per heavy atom. The van der Waals surface area contributed by atoms with E-state index in [1.165, 1.54) is 10.5 Å². The molecule has 2 aromatic carbocycles. The Hall–Kier alpha value is -1.94. The fraction of sp³-hybridized carbons (Fsp3) is 0.278. The van der Waals surface area contributed by atoms with Crippen molar-refractivity contribution in [2.24, 2.45) is 0 Å². The minimum Gasteiger partial charge on any atom is -0.478 e. The van der Waals surface area contributed by atoms with Crippen LogP contribution in [-0.2, 0) is 5.41 Å². The third-order valence-electron chi connectivity index (χ3n) is 4.00. The van der Waals surface area contributed by atoms with Crippen LogP contribution in [-0.4, -0.2) is 16.8 Å². The van der Waals surface area contributed by atoms with Gasteiger partial charge in [0.25, 0.3) is 0 Å². The summed E-state index contributed by atoms with van der Waals surface area (Å²) in [6.07, 6.45) is 1.15. The first kappa shape index (κ1) is 15.0. The summed E-state index contributed by atoms with van der Waals surface area (Å²) in [5.41, 5.74) is 1.74. The SMILES string of the molecule is CC1(C)CCSc2ccc(Oc3ccc(C(=O)O)cc3)cc21. The number of aromatic carboxylic acids is 1. The lowest BCUT2D eigenvalue weighted by Gasteiger charge is -2.32. The van der Waals surface area contributed by atoms with Gasteiger partial charge in [0.2, 0.25) is 0 Å². The monoisotopic (exact) mass is 314 g/mol. The lowest BCUT2D eigenvalue weighted by Crippen LogP contribution is -2.22. The molecule has 0 unspecified atom stereocenters. The first-order valence-corrected chi connectivity index (χ1v) is 8.23. The standard InChI is InChI=1S/C18H18O3S/c1-18(2)9-10-22-16-8-7-14(11-15(16)18)21-13-5-3-12(4-6-13)17(19)20/h3-8,11H,9-10H2,1-2H3,(H,19,20). The highest BCUT2D eigenvalue weighted by Gasteiger charge is 2.28. The molecule has 3 rings (SSSR count).